The summed E-state index contributed by atoms with van der Waals surface area (Å²) in [6.45, 7) is 9.15. The van der Waals surface area contributed by atoms with Crippen LogP contribution < -0.4 is 15.4 Å². The predicted octanol–water partition coefficient (Wildman–Crippen LogP) is 3.03. The van der Waals surface area contributed by atoms with E-state index >= 15 is 0 Å². The average molecular weight is 430 g/mol. The molecule has 8 heteroatoms. The van der Waals surface area contributed by atoms with E-state index in [0.29, 0.717) is 30.2 Å². The minimum atomic E-state index is -0.418. The summed E-state index contributed by atoms with van der Waals surface area (Å²) in [4.78, 5) is 10.7. The Morgan fingerprint density at radius 1 is 1.26 bits per heavy atom. The monoisotopic (exact) mass is 429 g/mol. The van der Waals surface area contributed by atoms with Crippen LogP contribution in [0.4, 0.5) is 4.39 Å². The zero-order chi connectivity index (χ0) is 22.1. The number of rotatable bonds is 8. The fourth-order valence-electron chi connectivity index (χ4n) is 3.57. The van der Waals surface area contributed by atoms with Gasteiger partial charge in [0.25, 0.3) is 0 Å². The van der Waals surface area contributed by atoms with Crippen LogP contribution in [0, 0.1) is 11.7 Å². The first kappa shape index (κ1) is 23.0. The number of pyridine rings is 1. The number of ether oxygens (including phenoxy) is 2. The molecule has 7 nitrogen and oxygen atoms in total. The van der Waals surface area contributed by atoms with E-state index in [1.165, 1.54) is 6.07 Å². The van der Waals surface area contributed by atoms with Gasteiger partial charge in [-0.05, 0) is 35.7 Å². The molecule has 168 valence electrons. The number of morpholine rings is 1. The lowest BCUT2D eigenvalue weighted by Crippen LogP contribution is -2.52. The number of hydrogen-bond acceptors (Lipinski definition) is 5. The van der Waals surface area contributed by atoms with Crippen molar-refractivity contribution in [1.82, 2.24) is 20.5 Å². The van der Waals surface area contributed by atoms with Gasteiger partial charge in [-0.15, -0.1) is 0 Å². The van der Waals surface area contributed by atoms with Gasteiger partial charge in [0.1, 0.15) is 5.75 Å². The lowest BCUT2D eigenvalue weighted by Gasteiger charge is -2.37. The van der Waals surface area contributed by atoms with Crippen molar-refractivity contribution < 1.29 is 13.9 Å². The highest BCUT2D eigenvalue weighted by Gasteiger charge is 2.23. The maximum absolute atomic E-state index is 14.5. The second-order valence-corrected chi connectivity index (χ2v) is 7.82. The summed E-state index contributed by atoms with van der Waals surface area (Å²) in [5.74, 6) is 1.44. The van der Waals surface area contributed by atoms with Crippen molar-refractivity contribution in [3.63, 3.8) is 0 Å². The van der Waals surface area contributed by atoms with Crippen molar-refractivity contribution in [1.29, 1.82) is 0 Å². The smallest absolute Gasteiger partial charge is 0.191 e. The first-order chi connectivity index (χ1) is 15.1. The van der Waals surface area contributed by atoms with Crippen molar-refractivity contribution in [2.75, 3.05) is 39.9 Å². The third kappa shape index (κ3) is 6.90. The zero-order valence-electron chi connectivity index (χ0n) is 18.5. The highest BCUT2D eigenvalue weighted by molar-refractivity contribution is 5.79. The number of nitrogens with one attached hydrogen (secondary N) is 2. The molecule has 2 aromatic rings. The fraction of sp³-hybridized carbons (Fsp3) is 0.478. The van der Waals surface area contributed by atoms with E-state index in [2.05, 4.69) is 39.4 Å². The Hall–Kier alpha value is -2.71. The Bertz CT molecular complexity index is 841. The molecule has 1 aromatic carbocycles. The van der Waals surface area contributed by atoms with Gasteiger partial charge in [-0.25, -0.2) is 4.39 Å². The van der Waals surface area contributed by atoms with Crippen LogP contribution in [0.15, 0.2) is 47.7 Å². The van der Waals surface area contributed by atoms with Gasteiger partial charge in [0.15, 0.2) is 17.5 Å². The molecule has 2 N–H and O–H groups in total. The summed E-state index contributed by atoms with van der Waals surface area (Å²) in [6, 6.07) is 8.80. The Morgan fingerprint density at radius 3 is 2.71 bits per heavy atom. The average Bonchev–Trinajstić information content (AvgIpc) is 2.79. The second kappa shape index (κ2) is 11.6. The third-order valence-corrected chi connectivity index (χ3v) is 5.30. The van der Waals surface area contributed by atoms with E-state index in [4.69, 9.17) is 9.47 Å². The summed E-state index contributed by atoms with van der Waals surface area (Å²) in [7, 11) is 1.74. The second-order valence-electron chi connectivity index (χ2n) is 7.82. The largest absolute Gasteiger partial charge is 0.453 e. The zero-order valence-corrected chi connectivity index (χ0v) is 18.5. The van der Waals surface area contributed by atoms with Crippen LogP contribution in [0.3, 0.4) is 0 Å². The molecule has 0 spiro atoms. The number of nitrogens with zero attached hydrogens (tertiary/aromatic N) is 3. The summed E-state index contributed by atoms with van der Waals surface area (Å²) in [6.07, 6.45) is 3.19. The number of aliphatic imine (C=N–C) groups is 1. The number of guanidine groups is 1. The van der Waals surface area contributed by atoms with Gasteiger partial charge in [0, 0.05) is 45.5 Å². The summed E-state index contributed by atoms with van der Waals surface area (Å²) in [5.41, 5.74) is 0.799. The molecular formula is C23H32FN5O2. The first-order valence-corrected chi connectivity index (χ1v) is 10.7. The number of halogens is 1. The van der Waals surface area contributed by atoms with Crippen LogP contribution in [-0.4, -0.2) is 61.8 Å². The number of benzene rings is 1. The van der Waals surface area contributed by atoms with Crippen LogP contribution in [0.25, 0.3) is 0 Å². The van der Waals surface area contributed by atoms with E-state index in [-0.39, 0.29) is 5.75 Å². The van der Waals surface area contributed by atoms with Gasteiger partial charge in [0.05, 0.1) is 19.4 Å². The van der Waals surface area contributed by atoms with Gasteiger partial charge in [-0.1, -0.05) is 19.9 Å². The Balaban J connectivity index is 1.52. The van der Waals surface area contributed by atoms with E-state index < -0.39 is 5.82 Å². The Labute approximate surface area is 183 Å². The molecule has 0 aliphatic carbocycles. The molecule has 31 heavy (non-hydrogen) atoms. The van der Waals surface area contributed by atoms with Gasteiger partial charge < -0.3 is 20.1 Å². The fourth-order valence-corrected chi connectivity index (χ4v) is 3.57. The third-order valence-electron chi connectivity index (χ3n) is 5.30. The molecule has 2 heterocycles. The van der Waals surface area contributed by atoms with Crippen LogP contribution in [0.1, 0.15) is 19.4 Å². The van der Waals surface area contributed by atoms with Crippen LogP contribution in [0.5, 0.6) is 11.5 Å². The molecule has 0 amide bonds. The van der Waals surface area contributed by atoms with Crippen molar-refractivity contribution in [2.24, 2.45) is 10.9 Å². The first-order valence-electron chi connectivity index (χ1n) is 10.7. The lowest BCUT2D eigenvalue weighted by molar-refractivity contribution is 0.00752. The van der Waals surface area contributed by atoms with Gasteiger partial charge in [0.2, 0.25) is 0 Å². The normalized spacial score (nSPS) is 16.2. The maximum atomic E-state index is 14.5. The molecule has 1 atom stereocenters. The molecule has 1 aliphatic heterocycles. The number of hydrogen-bond donors (Lipinski definition) is 2. The van der Waals surface area contributed by atoms with E-state index in [1.807, 2.05) is 6.07 Å². The highest BCUT2D eigenvalue weighted by atomic mass is 19.1. The topological polar surface area (TPSA) is 71.0 Å². The standard InChI is InChI=1S/C23H32FN5O2/c1-17(2)21(29-9-11-30-12-10-29)16-28-23(25-3)27-14-18-6-7-22(20(24)13-18)31-19-5-4-8-26-15-19/h4-8,13,15,17,21H,9-12,14,16H2,1-3H3,(H2,25,27,28). The molecule has 0 radical (unpaired) electrons. The van der Waals surface area contributed by atoms with E-state index in [9.17, 15) is 4.39 Å². The van der Waals surface area contributed by atoms with E-state index in [0.717, 1.165) is 38.4 Å². The molecule has 1 saturated heterocycles. The number of aromatic nitrogens is 1. The van der Waals surface area contributed by atoms with Crippen molar-refractivity contribution in [2.45, 2.75) is 26.4 Å². The lowest BCUT2D eigenvalue weighted by atomic mass is 10.0. The van der Waals surface area contributed by atoms with Gasteiger partial charge in [-0.2, -0.15) is 0 Å². The minimum Gasteiger partial charge on any atom is -0.453 e. The maximum Gasteiger partial charge on any atom is 0.191 e. The molecular weight excluding hydrogens is 397 g/mol. The highest BCUT2D eigenvalue weighted by Crippen LogP contribution is 2.24. The predicted molar refractivity (Wildman–Crippen MR) is 120 cm³/mol. The SMILES string of the molecule is CN=C(NCc1ccc(Oc2cccnc2)c(F)c1)NCC(C(C)C)N1CCOCC1. The van der Waals surface area contributed by atoms with Crippen LogP contribution in [0.2, 0.25) is 0 Å². The van der Waals surface area contributed by atoms with Gasteiger partial charge >= 0.3 is 0 Å². The molecule has 0 saturated carbocycles. The minimum absolute atomic E-state index is 0.171. The van der Waals surface area contributed by atoms with E-state index in [1.54, 1.807) is 37.6 Å². The Morgan fingerprint density at radius 2 is 2.06 bits per heavy atom. The van der Waals surface area contributed by atoms with Crippen molar-refractivity contribution >= 4 is 5.96 Å². The van der Waals surface area contributed by atoms with Gasteiger partial charge in [-0.3, -0.25) is 14.9 Å². The molecule has 1 aliphatic rings. The molecule has 1 aromatic heterocycles. The summed E-state index contributed by atoms with van der Waals surface area (Å²) < 4.78 is 25.5. The quantitative estimate of drug-likeness (QED) is 0.497. The summed E-state index contributed by atoms with van der Waals surface area (Å²) in [5, 5.41) is 6.67. The summed E-state index contributed by atoms with van der Waals surface area (Å²) >= 11 is 0. The van der Waals surface area contributed by atoms with Crippen LogP contribution in [-0.2, 0) is 11.3 Å². The Kier molecular flexibility index (Phi) is 8.61. The molecule has 1 unspecified atom stereocenters. The molecule has 1 fully saturated rings. The van der Waals surface area contributed by atoms with Crippen molar-refractivity contribution in [3.05, 3.63) is 54.1 Å². The molecule has 3 rings (SSSR count). The molecule has 0 bridgehead atoms. The van der Waals surface area contributed by atoms with Crippen molar-refractivity contribution in [3.8, 4) is 11.5 Å². The van der Waals surface area contributed by atoms with Crippen LogP contribution >= 0.6 is 0 Å².